The van der Waals surface area contributed by atoms with Crippen molar-refractivity contribution in [1.82, 2.24) is 24.8 Å². The number of nitrogens with zero attached hydrogens (tertiary/aromatic N) is 3. The first-order chi connectivity index (χ1) is 13.9. The zero-order chi connectivity index (χ0) is 20.5. The van der Waals surface area contributed by atoms with Gasteiger partial charge in [-0.1, -0.05) is 0 Å². The molecule has 0 bridgehead atoms. The SMILES string of the molecule is Cn1ccnc1CCN1CCC2(CC1)C[C@](C)(O)[C@@H](NC(=O)c1ccc[nH]1)CO2. The monoisotopic (exact) mass is 401 g/mol. The van der Waals surface area contributed by atoms with E-state index < -0.39 is 11.6 Å². The molecule has 29 heavy (non-hydrogen) atoms. The minimum absolute atomic E-state index is 0.219. The van der Waals surface area contributed by atoms with E-state index in [1.165, 1.54) is 0 Å². The fourth-order valence-corrected chi connectivity index (χ4v) is 4.57. The van der Waals surface area contributed by atoms with Crippen LogP contribution in [-0.4, -0.2) is 73.9 Å². The number of carbonyl (C=O) groups is 1. The van der Waals surface area contributed by atoms with Gasteiger partial charge >= 0.3 is 0 Å². The first kappa shape index (κ1) is 20.1. The molecule has 2 aliphatic rings. The number of nitrogens with one attached hydrogen (secondary N) is 2. The molecule has 2 aromatic heterocycles. The molecular weight excluding hydrogens is 370 g/mol. The minimum Gasteiger partial charge on any atom is -0.388 e. The van der Waals surface area contributed by atoms with Crippen LogP contribution in [0.5, 0.6) is 0 Å². The lowest BCUT2D eigenvalue weighted by Crippen LogP contribution is -2.64. The van der Waals surface area contributed by atoms with Gasteiger partial charge in [0.05, 0.1) is 23.9 Å². The van der Waals surface area contributed by atoms with Crippen molar-refractivity contribution in [2.75, 3.05) is 26.2 Å². The maximum Gasteiger partial charge on any atom is 0.268 e. The molecule has 158 valence electrons. The van der Waals surface area contributed by atoms with Gasteiger partial charge in [-0.25, -0.2) is 4.98 Å². The van der Waals surface area contributed by atoms with Crippen molar-refractivity contribution in [3.05, 3.63) is 42.2 Å². The van der Waals surface area contributed by atoms with Gasteiger partial charge in [0.2, 0.25) is 0 Å². The summed E-state index contributed by atoms with van der Waals surface area (Å²) >= 11 is 0. The number of rotatable bonds is 5. The fraction of sp³-hybridized carbons (Fsp3) is 0.619. The predicted octanol–water partition coefficient (Wildman–Crippen LogP) is 1.10. The number of likely N-dealkylation sites (tertiary alicyclic amines) is 1. The Bertz CT molecular complexity index is 821. The van der Waals surface area contributed by atoms with Crippen LogP contribution in [0.2, 0.25) is 0 Å². The number of aromatic nitrogens is 3. The van der Waals surface area contributed by atoms with Crippen LogP contribution in [0.15, 0.2) is 30.7 Å². The molecule has 4 heterocycles. The van der Waals surface area contributed by atoms with Crippen molar-refractivity contribution in [3.63, 3.8) is 0 Å². The number of aliphatic hydroxyl groups is 1. The fourth-order valence-electron chi connectivity index (χ4n) is 4.57. The topological polar surface area (TPSA) is 95.4 Å². The van der Waals surface area contributed by atoms with E-state index in [-0.39, 0.29) is 11.5 Å². The number of aromatic amines is 1. The summed E-state index contributed by atoms with van der Waals surface area (Å²) in [7, 11) is 2.02. The number of ether oxygens (including phenoxy) is 1. The van der Waals surface area contributed by atoms with Gasteiger partial charge in [0.25, 0.3) is 5.91 Å². The molecule has 0 aromatic carbocycles. The van der Waals surface area contributed by atoms with Gasteiger partial charge in [-0.05, 0) is 31.9 Å². The number of hydrogen-bond donors (Lipinski definition) is 3. The highest BCUT2D eigenvalue weighted by Crippen LogP contribution is 2.39. The van der Waals surface area contributed by atoms with Crippen LogP contribution < -0.4 is 5.32 Å². The van der Waals surface area contributed by atoms with Crippen LogP contribution in [0, 0.1) is 0 Å². The average Bonchev–Trinajstić information content (AvgIpc) is 3.35. The molecule has 0 unspecified atom stereocenters. The summed E-state index contributed by atoms with van der Waals surface area (Å²) in [6.07, 6.45) is 8.76. The summed E-state index contributed by atoms with van der Waals surface area (Å²) in [6, 6.07) is 3.07. The van der Waals surface area contributed by atoms with Crippen LogP contribution in [0.4, 0.5) is 0 Å². The molecule has 0 aliphatic carbocycles. The number of H-pyrrole nitrogens is 1. The molecule has 4 rings (SSSR count). The van der Waals surface area contributed by atoms with Crippen molar-refractivity contribution >= 4 is 5.91 Å². The minimum atomic E-state index is -1.00. The highest BCUT2D eigenvalue weighted by atomic mass is 16.5. The molecule has 2 fully saturated rings. The number of imidazole rings is 1. The van der Waals surface area contributed by atoms with Gasteiger partial charge in [0, 0.05) is 58.1 Å². The Balaban J connectivity index is 1.29. The van der Waals surface area contributed by atoms with Crippen molar-refractivity contribution < 1.29 is 14.6 Å². The van der Waals surface area contributed by atoms with Gasteiger partial charge in [-0.15, -0.1) is 0 Å². The molecule has 1 spiro atoms. The van der Waals surface area contributed by atoms with Gasteiger partial charge in [-0.2, -0.15) is 0 Å². The van der Waals surface area contributed by atoms with Crippen molar-refractivity contribution in [3.8, 4) is 0 Å². The summed E-state index contributed by atoms with van der Waals surface area (Å²) < 4.78 is 8.33. The third kappa shape index (κ3) is 4.39. The Morgan fingerprint density at radius 1 is 1.45 bits per heavy atom. The van der Waals surface area contributed by atoms with Gasteiger partial charge in [0.15, 0.2) is 0 Å². The highest BCUT2D eigenvalue weighted by Gasteiger charge is 2.49. The van der Waals surface area contributed by atoms with E-state index in [1.807, 2.05) is 26.4 Å². The van der Waals surface area contributed by atoms with Crippen LogP contribution in [0.25, 0.3) is 0 Å². The second-order valence-electron chi connectivity index (χ2n) is 8.68. The smallest absolute Gasteiger partial charge is 0.268 e. The quantitative estimate of drug-likeness (QED) is 0.697. The molecule has 2 aromatic rings. The van der Waals surface area contributed by atoms with E-state index in [0.717, 1.165) is 44.7 Å². The van der Waals surface area contributed by atoms with Crippen LogP contribution in [0.1, 0.15) is 42.5 Å². The van der Waals surface area contributed by atoms with E-state index in [0.29, 0.717) is 18.7 Å². The Hall–Kier alpha value is -2.16. The Labute approximate surface area is 171 Å². The first-order valence-corrected chi connectivity index (χ1v) is 10.4. The van der Waals surface area contributed by atoms with E-state index in [2.05, 4.69) is 24.8 Å². The lowest BCUT2D eigenvalue weighted by molar-refractivity contribution is -0.186. The second kappa shape index (κ2) is 7.93. The Kier molecular flexibility index (Phi) is 5.50. The van der Waals surface area contributed by atoms with Crippen LogP contribution in [-0.2, 0) is 18.2 Å². The zero-order valence-electron chi connectivity index (χ0n) is 17.2. The Morgan fingerprint density at radius 2 is 2.24 bits per heavy atom. The van der Waals surface area contributed by atoms with Gasteiger partial charge in [-0.3, -0.25) is 4.79 Å². The third-order valence-corrected chi connectivity index (χ3v) is 6.47. The van der Waals surface area contributed by atoms with Crippen molar-refractivity contribution in [1.29, 1.82) is 0 Å². The van der Waals surface area contributed by atoms with E-state index in [1.54, 1.807) is 18.3 Å². The van der Waals surface area contributed by atoms with E-state index in [9.17, 15) is 9.90 Å². The Morgan fingerprint density at radius 3 is 2.86 bits per heavy atom. The normalized spacial score (nSPS) is 27.2. The summed E-state index contributed by atoms with van der Waals surface area (Å²) in [5.41, 5.74) is -0.825. The summed E-state index contributed by atoms with van der Waals surface area (Å²) in [6.45, 7) is 5.00. The molecule has 2 atom stereocenters. The number of piperidine rings is 1. The predicted molar refractivity (Wildman–Crippen MR) is 109 cm³/mol. The zero-order valence-corrected chi connectivity index (χ0v) is 17.2. The molecule has 2 aliphatic heterocycles. The van der Waals surface area contributed by atoms with Crippen molar-refractivity contribution in [2.45, 2.75) is 49.9 Å². The number of aryl methyl sites for hydroxylation is 1. The largest absolute Gasteiger partial charge is 0.388 e. The summed E-state index contributed by atoms with van der Waals surface area (Å²) in [5.74, 6) is 0.881. The van der Waals surface area contributed by atoms with Crippen LogP contribution >= 0.6 is 0 Å². The van der Waals surface area contributed by atoms with E-state index in [4.69, 9.17) is 4.74 Å². The summed E-state index contributed by atoms with van der Waals surface area (Å²) in [5, 5.41) is 14.0. The maximum atomic E-state index is 12.3. The molecule has 0 radical (unpaired) electrons. The van der Waals surface area contributed by atoms with E-state index >= 15 is 0 Å². The molecular formula is C21H31N5O3. The molecule has 8 heteroatoms. The molecule has 2 saturated heterocycles. The molecule has 0 saturated carbocycles. The number of carbonyl (C=O) groups excluding carboxylic acids is 1. The van der Waals surface area contributed by atoms with Gasteiger partial charge in [0.1, 0.15) is 11.5 Å². The third-order valence-electron chi connectivity index (χ3n) is 6.47. The second-order valence-corrected chi connectivity index (χ2v) is 8.68. The summed E-state index contributed by atoms with van der Waals surface area (Å²) in [4.78, 5) is 22.1. The van der Waals surface area contributed by atoms with Crippen LogP contribution in [0.3, 0.4) is 0 Å². The number of hydrogen-bond acceptors (Lipinski definition) is 5. The number of amides is 1. The molecule has 3 N–H and O–H groups in total. The average molecular weight is 402 g/mol. The van der Waals surface area contributed by atoms with Crippen molar-refractivity contribution in [2.24, 2.45) is 7.05 Å². The van der Waals surface area contributed by atoms with Gasteiger partial charge < -0.3 is 29.6 Å². The highest BCUT2D eigenvalue weighted by molar-refractivity contribution is 5.92. The standard InChI is InChI=1S/C21H31N5O3/c1-20(28)15-21(29-14-17(20)24-19(27)16-4-3-8-22-16)6-11-26(12-7-21)10-5-18-23-9-13-25(18)2/h3-4,8-9,13,17,22,28H,5-7,10-12,14-15H2,1-2H3,(H,24,27)/t17-,20-/m0/s1. The molecule has 8 nitrogen and oxygen atoms in total. The lowest BCUT2D eigenvalue weighted by atomic mass is 9.75. The molecule has 1 amide bonds. The lowest BCUT2D eigenvalue weighted by Gasteiger charge is -2.51. The maximum absolute atomic E-state index is 12.3. The first-order valence-electron chi connectivity index (χ1n) is 10.4.